The van der Waals surface area contributed by atoms with Gasteiger partial charge in [0.1, 0.15) is 5.76 Å². The third-order valence-corrected chi connectivity index (χ3v) is 2.62. The molecule has 5 heteroatoms. The SMILES string of the molecule is COC(=O)CCN(C)Cc1ncc(C(C)(C)C)o1. The van der Waals surface area contributed by atoms with Crippen molar-refractivity contribution in [2.24, 2.45) is 0 Å². The summed E-state index contributed by atoms with van der Waals surface area (Å²) in [4.78, 5) is 17.2. The van der Waals surface area contributed by atoms with Gasteiger partial charge in [-0.3, -0.25) is 9.69 Å². The molecule has 0 atom stereocenters. The van der Waals surface area contributed by atoms with E-state index in [0.29, 0.717) is 25.4 Å². The molecule has 0 amide bonds. The van der Waals surface area contributed by atoms with Gasteiger partial charge in [-0.25, -0.2) is 4.98 Å². The molecule has 0 spiro atoms. The molecule has 0 aliphatic rings. The summed E-state index contributed by atoms with van der Waals surface area (Å²) in [7, 11) is 3.32. The highest BCUT2D eigenvalue weighted by Crippen LogP contribution is 2.22. The molecule has 1 aromatic heterocycles. The molecule has 0 radical (unpaired) electrons. The maximum absolute atomic E-state index is 11.0. The topological polar surface area (TPSA) is 55.6 Å². The summed E-state index contributed by atoms with van der Waals surface area (Å²) in [5, 5.41) is 0. The molecule has 0 fully saturated rings. The minimum Gasteiger partial charge on any atom is -0.469 e. The number of oxazole rings is 1. The molecule has 0 aliphatic carbocycles. The van der Waals surface area contributed by atoms with Gasteiger partial charge in [-0.15, -0.1) is 0 Å². The van der Waals surface area contributed by atoms with Gasteiger partial charge in [0.15, 0.2) is 0 Å². The summed E-state index contributed by atoms with van der Waals surface area (Å²) >= 11 is 0. The van der Waals surface area contributed by atoms with Crippen molar-refractivity contribution in [3.05, 3.63) is 17.8 Å². The van der Waals surface area contributed by atoms with Crippen LogP contribution in [-0.4, -0.2) is 36.6 Å². The van der Waals surface area contributed by atoms with E-state index in [1.807, 2.05) is 11.9 Å². The minimum absolute atomic E-state index is 0.0319. The third-order valence-electron chi connectivity index (χ3n) is 2.62. The van der Waals surface area contributed by atoms with Crippen molar-refractivity contribution in [1.82, 2.24) is 9.88 Å². The Hall–Kier alpha value is -1.36. The van der Waals surface area contributed by atoms with Crippen molar-refractivity contribution in [3.8, 4) is 0 Å². The molecule has 0 N–H and O–H groups in total. The zero-order valence-electron chi connectivity index (χ0n) is 11.8. The van der Waals surface area contributed by atoms with Gasteiger partial charge in [0.05, 0.1) is 26.3 Å². The summed E-state index contributed by atoms with van der Waals surface area (Å²) in [5.74, 6) is 1.34. The van der Waals surface area contributed by atoms with Crippen LogP contribution in [0.3, 0.4) is 0 Å². The van der Waals surface area contributed by atoms with Crippen molar-refractivity contribution in [1.29, 1.82) is 0 Å². The monoisotopic (exact) mass is 254 g/mol. The summed E-state index contributed by atoms with van der Waals surface area (Å²) in [6.07, 6.45) is 2.14. The Kier molecular flexibility index (Phi) is 4.90. The van der Waals surface area contributed by atoms with Crippen molar-refractivity contribution >= 4 is 5.97 Å². The first-order valence-corrected chi connectivity index (χ1v) is 6.03. The zero-order valence-corrected chi connectivity index (χ0v) is 11.8. The van der Waals surface area contributed by atoms with Crippen LogP contribution in [0.5, 0.6) is 0 Å². The van der Waals surface area contributed by atoms with Crippen LogP contribution in [0, 0.1) is 0 Å². The lowest BCUT2D eigenvalue weighted by atomic mass is 9.94. The van der Waals surface area contributed by atoms with E-state index >= 15 is 0 Å². The van der Waals surface area contributed by atoms with Gasteiger partial charge in [-0.2, -0.15) is 0 Å². The first kappa shape index (κ1) is 14.7. The molecule has 102 valence electrons. The largest absolute Gasteiger partial charge is 0.469 e. The molecule has 1 heterocycles. The average molecular weight is 254 g/mol. The van der Waals surface area contributed by atoms with E-state index in [4.69, 9.17) is 4.42 Å². The Morgan fingerprint density at radius 3 is 2.67 bits per heavy atom. The van der Waals surface area contributed by atoms with Crippen molar-refractivity contribution < 1.29 is 13.9 Å². The minimum atomic E-state index is -0.204. The van der Waals surface area contributed by atoms with E-state index in [1.165, 1.54) is 7.11 Å². The molecule has 18 heavy (non-hydrogen) atoms. The van der Waals surface area contributed by atoms with E-state index in [9.17, 15) is 4.79 Å². The summed E-state index contributed by atoms with van der Waals surface area (Å²) in [5.41, 5.74) is -0.0319. The number of ether oxygens (including phenoxy) is 1. The fourth-order valence-electron chi connectivity index (χ4n) is 1.42. The van der Waals surface area contributed by atoms with Crippen LogP contribution >= 0.6 is 0 Å². The number of aromatic nitrogens is 1. The van der Waals surface area contributed by atoms with E-state index < -0.39 is 0 Å². The summed E-state index contributed by atoms with van der Waals surface area (Å²) < 4.78 is 10.3. The van der Waals surface area contributed by atoms with Crippen molar-refractivity contribution in [2.75, 3.05) is 20.7 Å². The van der Waals surface area contributed by atoms with Crippen LogP contribution in [0.1, 0.15) is 38.8 Å². The van der Waals surface area contributed by atoms with Gasteiger partial charge in [-0.05, 0) is 7.05 Å². The number of hydrogen-bond acceptors (Lipinski definition) is 5. The highest BCUT2D eigenvalue weighted by molar-refractivity contribution is 5.69. The number of methoxy groups -OCH3 is 1. The van der Waals surface area contributed by atoms with Crippen LogP contribution in [-0.2, 0) is 21.5 Å². The zero-order chi connectivity index (χ0) is 13.8. The Balaban J connectivity index is 2.47. The highest BCUT2D eigenvalue weighted by atomic mass is 16.5. The van der Waals surface area contributed by atoms with Crippen LogP contribution in [0.15, 0.2) is 10.6 Å². The first-order valence-electron chi connectivity index (χ1n) is 6.03. The number of nitrogens with zero attached hydrogens (tertiary/aromatic N) is 2. The second kappa shape index (κ2) is 6.00. The molecule has 1 aromatic rings. The highest BCUT2D eigenvalue weighted by Gasteiger charge is 2.19. The molecular formula is C13H22N2O3. The number of rotatable bonds is 5. The number of carbonyl (C=O) groups excluding carboxylic acids is 1. The van der Waals surface area contributed by atoms with Crippen LogP contribution in [0.2, 0.25) is 0 Å². The van der Waals surface area contributed by atoms with Crippen LogP contribution < -0.4 is 0 Å². The third kappa shape index (κ3) is 4.49. The smallest absolute Gasteiger partial charge is 0.306 e. The van der Waals surface area contributed by atoms with Crippen molar-refractivity contribution in [3.63, 3.8) is 0 Å². The quantitative estimate of drug-likeness (QED) is 0.752. The average Bonchev–Trinajstić information content (AvgIpc) is 2.74. The molecule has 0 aliphatic heterocycles. The van der Waals surface area contributed by atoms with Gasteiger partial charge in [0, 0.05) is 12.0 Å². The van der Waals surface area contributed by atoms with E-state index in [0.717, 1.165) is 5.76 Å². The Morgan fingerprint density at radius 2 is 2.17 bits per heavy atom. The molecule has 0 saturated carbocycles. The number of hydrogen-bond donors (Lipinski definition) is 0. The fourth-order valence-corrected chi connectivity index (χ4v) is 1.42. The van der Waals surface area contributed by atoms with Crippen LogP contribution in [0.25, 0.3) is 0 Å². The lowest BCUT2D eigenvalue weighted by Crippen LogP contribution is -2.22. The van der Waals surface area contributed by atoms with Gasteiger partial charge in [0.2, 0.25) is 5.89 Å². The molecular weight excluding hydrogens is 232 g/mol. The fraction of sp³-hybridized carbons (Fsp3) is 0.692. The molecule has 0 aromatic carbocycles. The first-order chi connectivity index (χ1) is 8.32. The Morgan fingerprint density at radius 1 is 1.50 bits per heavy atom. The maximum Gasteiger partial charge on any atom is 0.306 e. The number of carbonyl (C=O) groups is 1. The number of esters is 1. The predicted molar refractivity (Wildman–Crippen MR) is 68.2 cm³/mol. The van der Waals surface area contributed by atoms with Crippen molar-refractivity contribution in [2.45, 2.75) is 39.2 Å². The molecule has 0 bridgehead atoms. The lowest BCUT2D eigenvalue weighted by Gasteiger charge is -2.15. The van der Waals surface area contributed by atoms with Crippen LogP contribution in [0.4, 0.5) is 0 Å². The van der Waals surface area contributed by atoms with E-state index in [1.54, 1.807) is 6.20 Å². The van der Waals surface area contributed by atoms with Gasteiger partial charge >= 0.3 is 5.97 Å². The lowest BCUT2D eigenvalue weighted by molar-refractivity contribution is -0.140. The Labute approximate surface area is 108 Å². The van der Waals surface area contributed by atoms with E-state index in [-0.39, 0.29) is 11.4 Å². The standard InChI is InChI=1S/C13H22N2O3/c1-13(2,3)10-8-14-11(18-10)9-15(4)7-6-12(16)17-5/h8H,6-7,9H2,1-5H3. The van der Waals surface area contributed by atoms with E-state index in [2.05, 4.69) is 30.5 Å². The molecule has 0 saturated heterocycles. The van der Waals surface area contributed by atoms with Gasteiger partial charge in [0.25, 0.3) is 0 Å². The summed E-state index contributed by atoms with van der Waals surface area (Å²) in [6.45, 7) is 7.46. The molecule has 0 unspecified atom stereocenters. The Bertz CT molecular complexity index is 393. The summed E-state index contributed by atoms with van der Waals surface area (Å²) in [6, 6.07) is 0. The van der Waals surface area contributed by atoms with Gasteiger partial charge < -0.3 is 9.15 Å². The normalized spacial score (nSPS) is 11.9. The second-order valence-corrected chi connectivity index (χ2v) is 5.43. The second-order valence-electron chi connectivity index (χ2n) is 5.43. The van der Waals surface area contributed by atoms with Gasteiger partial charge in [-0.1, -0.05) is 20.8 Å². The molecule has 1 rings (SSSR count). The predicted octanol–water partition coefficient (Wildman–Crippen LogP) is 1.97. The maximum atomic E-state index is 11.0. The molecule has 5 nitrogen and oxygen atoms in total.